The number of esters is 1. The summed E-state index contributed by atoms with van der Waals surface area (Å²) in [5.74, 6) is -1.76. The fourth-order valence-corrected chi connectivity index (χ4v) is 2.07. The van der Waals surface area contributed by atoms with Crippen LogP contribution in [0.5, 0.6) is 11.5 Å². The van der Waals surface area contributed by atoms with E-state index in [0.29, 0.717) is 16.9 Å². The molecule has 6 nitrogen and oxygen atoms in total. The van der Waals surface area contributed by atoms with Crippen LogP contribution in [0.1, 0.15) is 26.0 Å². The molecule has 1 aromatic heterocycles. The average Bonchev–Trinajstić information content (AvgIpc) is 2.67. The van der Waals surface area contributed by atoms with Crippen molar-refractivity contribution in [1.82, 2.24) is 0 Å². The smallest absolute Gasteiger partial charge is 0.308 e. The summed E-state index contributed by atoms with van der Waals surface area (Å²) in [6.07, 6.45) is 5.86. The van der Waals surface area contributed by atoms with Crippen molar-refractivity contribution in [2.24, 2.45) is 0 Å². The first-order valence-corrected chi connectivity index (χ1v) is 6.53. The lowest BCUT2D eigenvalue weighted by molar-refractivity contribution is -0.132. The van der Waals surface area contributed by atoms with Crippen LogP contribution in [0.25, 0.3) is 5.57 Å². The highest BCUT2D eigenvalue weighted by Gasteiger charge is 2.27. The number of ether oxygens (including phenoxy) is 1. The first-order chi connectivity index (χ1) is 9.90. The number of furan rings is 1. The molecular weight excluding hydrogens is 294 g/mol. The lowest BCUT2D eigenvalue weighted by Crippen LogP contribution is -2.08. The number of hydrogen-bond acceptors (Lipinski definition) is 6. The van der Waals surface area contributed by atoms with Gasteiger partial charge in [0.25, 0.3) is 0 Å². The summed E-state index contributed by atoms with van der Waals surface area (Å²) in [6.45, 7) is 2.45. The number of amides is 1. The van der Waals surface area contributed by atoms with Crippen LogP contribution in [-0.2, 0) is 9.59 Å². The van der Waals surface area contributed by atoms with E-state index < -0.39 is 11.9 Å². The Morgan fingerprint density at radius 3 is 2.71 bits per heavy atom. The minimum atomic E-state index is -0.649. The molecule has 2 N–H and O–H groups in total. The van der Waals surface area contributed by atoms with Crippen LogP contribution in [-0.4, -0.2) is 21.8 Å². The lowest BCUT2D eigenvalue weighted by atomic mass is 10.0. The van der Waals surface area contributed by atoms with E-state index in [-0.39, 0.29) is 23.1 Å². The number of hydrogen-bond donors (Lipinski definition) is 2. The molecule has 0 aliphatic heterocycles. The molecule has 1 aliphatic carbocycles. The zero-order chi connectivity index (χ0) is 15.6. The van der Waals surface area contributed by atoms with Gasteiger partial charge in [0, 0.05) is 30.7 Å². The predicted molar refractivity (Wildman–Crippen MR) is 80.3 cm³/mol. The number of anilines is 1. The number of rotatable bonds is 3. The average molecular weight is 307 g/mol. The van der Waals surface area contributed by atoms with E-state index in [4.69, 9.17) is 21.4 Å². The van der Waals surface area contributed by atoms with Gasteiger partial charge in [-0.05, 0) is 0 Å². The van der Waals surface area contributed by atoms with Crippen molar-refractivity contribution in [3.8, 4) is 11.5 Å². The minimum absolute atomic E-state index is 0.0596. The third-order valence-electron chi connectivity index (χ3n) is 2.62. The van der Waals surface area contributed by atoms with Crippen LogP contribution < -0.4 is 10.1 Å². The topological polar surface area (TPSA) is 88.8 Å². The Balaban J connectivity index is 2.52. The van der Waals surface area contributed by atoms with Gasteiger partial charge >= 0.3 is 5.97 Å². The quantitative estimate of drug-likeness (QED) is 0.659. The van der Waals surface area contributed by atoms with Crippen molar-refractivity contribution < 1.29 is 23.8 Å². The predicted octanol–water partition coefficient (Wildman–Crippen LogP) is 2.58. The Bertz CT molecular complexity index is 684. The van der Waals surface area contributed by atoms with Crippen molar-refractivity contribution in [3.63, 3.8) is 0 Å². The monoisotopic (exact) mass is 307 g/mol. The van der Waals surface area contributed by atoms with Crippen molar-refractivity contribution >= 4 is 40.4 Å². The van der Waals surface area contributed by atoms with Crippen LogP contribution in [0.4, 0.5) is 5.88 Å². The number of thiocarbonyl (C=S) groups is 1. The molecule has 7 heteroatoms. The second-order valence-electron chi connectivity index (χ2n) is 4.35. The molecule has 1 aliphatic rings. The van der Waals surface area contributed by atoms with E-state index in [1.54, 1.807) is 12.2 Å². The molecule has 21 heavy (non-hydrogen) atoms. The Hall–Kier alpha value is -2.41. The molecule has 0 radical (unpaired) electrons. The van der Waals surface area contributed by atoms with Gasteiger partial charge in [-0.1, -0.05) is 30.4 Å². The fourth-order valence-electron chi connectivity index (χ4n) is 1.82. The first-order valence-electron chi connectivity index (χ1n) is 6.12. The van der Waals surface area contributed by atoms with Gasteiger partial charge < -0.3 is 14.3 Å². The normalized spacial score (nSPS) is 13.8. The number of nitrogens with one attached hydrogen (secondary N) is 1. The summed E-state index contributed by atoms with van der Waals surface area (Å²) in [5.41, 5.74) is 0.509. The SMILES string of the molecule is CC(=O)Nc1oc(C2=CC=CCC2=S)c(O)c1OC(C)=O. The van der Waals surface area contributed by atoms with E-state index in [2.05, 4.69) is 5.32 Å². The molecule has 110 valence electrons. The Morgan fingerprint density at radius 2 is 2.14 bits per heavy atom. The maximum atomic E-state index is 11.2. The standard InChI is InChI=1S/C14H13NO5S/c1-7(16)15-14-13(19-8(2)17)11(18)12(20-14)9-5-3-4-6-10(9)21/h3-5,18H,6H2,1-2H3,(H,15,16). The molecule has 0 spiro atoms. The van der Waals surface area contributed by atoms with E-state index in [0.717, 1.165) is 0 Å². The van der Waals surface area contributed by atoms with Gasteiger partial charge in [0.1, 0.15) is 0 Å². The molecule has 0 aromatic carbocycles. The van der Waals surface area contributed by atoms with Crippen molar-refractivity contribution in [3.05, 3.63) is 24.0 Å². The van der Waals surface area contributed by atoms with Gasteiger partial charge in [0.2, 0.25) is 23.3 Å². The maximum absolute atomic E-state index is 11.2. The molecule has 0 bridgehead atoms. The molecule has 0 saturated carbocycles. The van der Waals surface area contributed by atoms with E-state index >= 15 is 0 Å². The molecule has 2 rings (SSSR count). The summed E-state index contributed by atoms with van der Waals surface area (Å²) >= 11 is 5.21. The molecule has 0 unspecified atom stereocenters. The third-order valence-corrected chi connectivity index (χ3v) is 3.01. The molecule has 1 aromatic rings. The second-order valence-corrected chi connectivity index (χ2v) is 4.84. The Labute approximate surface area is 126 Å². The fraction of sp³-hybridized carbons (Fsp3) is 0.214. The zero-order valence-electron chi connectivity index (χ0n) is 11.4. The maximum Gasteiger partial charge on any atom is 0.308 e. The van der Waals surface area contributed by atoms with Crippen molar-refractivity contribution in [2.75, 3.05) is 5.32 Å². The highest BCUT2D eigenvalue weighted by atomic mass is 32.1. The second kappa shape index (κ2) is 5.92. The molecular formula is C14H13NO5S. The van der Waals surface area contributed by atoms with Crippen LogP contribution in [0.2, 0.25) is 0 Å². The molecule has 0 fully saturated rings. The van der Waals surface area contributed by atoms with Gasteiger partial charge in [-0.2, -0.15) is 0 Å². The number of carbonyl (C=O) groups is 2. The third kappa shape index (κ3) is 3.19. The van der Waals surface area contributed by atoms with Gasteiger partial charge in [-0.25, -0.2) is 0 Å². The molecule has 0 atom stereocenters. The summed E-state index contributed by atoms with van der Waals surface area (Å²) in [5, 5.41) is 12.6. The van der Waals surface area contributed by atoms with Crippen molar-refractivity contribution in [1.29, 1.82) is 0 Å². The zero-order valence-corrected chi connectivity index (χ0v) is 12.2. The summed E-state index contributed by atoms with van der Waals surface area (Å²) in [7, 11) is 0. The van der Waals surface area contributed by atoms with Crippen molar-refractivity contribution in [2.45, 2.75) is 20.3 Å². The Kier molecular flexibility index (Phi) is 4.23. The van der Waals surface area contributed by atoms with E-state index in [1.807, 2.05) is 6.08 Å². The molecule has 1 heterocycles. The number of aromatic hydroxyl groups is 1. The lowest BCUT2D eigenvalue weighted by Gasteiger charge is -2.07. The summed E-state index contributed by atoms with van der Waals surface area (Å²) in [6, 6.07) is 0. The largest absolute Gasteiger partial charge is 0.502 e. The summed E-state index contributed by atoms with van der Waals surface area (Å²) < 4.78 is 10.3. The number of allylic oxidation sites excluding steroid dienone is 4. The first kappa shape index (κ1) is 15.0. The highest BCUT2D eigenvalue weighted by Crippen LogP contribution is 2.45. The van der Waals surface area contributed by atoms with E-state index in [1.165, 1.54) is 13.8 Å². The van der Waals surface area contributed by atoms with Gasteiger partial charge in [-0.15, -0.1) is 0 Å². The van der Waals surface area contributed by atoms with Gasteiger partial charge in [0.05, 0.1) is 0 Å². The van der Waals surface area contributed by atoms with Crippen LogP contribution in [0.3, 0.4) is 0 Å². The van der Waals surface area contributed by atoms with Gasteiger partial charge in [0.15, 0.2) is 5.76 Å². The summed E-state index contributed by atoms with van der Waals surface area (Å²) in [4.78, 5) is 22.9. The van der Waals surface area contributed by atoms with Crippen LogP contribution >= 0.6 is 12.2 Å². The van der Waals surface area contributed by atoms with Crippen LogP contribution in [0.15, 0.2) is 22.6 Å². The molecule has 1 amide bonds. The van der Waals surface area contributed by atoms with Gasteiger partial charge in [-0.3, -0.25) is 14.9 Å². The Morgan fingerprint density at radius 1 is 1.43 bits per heavy atom. The number of carbonyl (C=O) groups excluding carboxylic acids is 2. The minimum Gasteiger partial charge on any atom is -0.502 e. The van der Waals surface area contributed by atoms with Crippen LogP contribution in [0, 0.1) is 0 Å². The highest BCUT2D eigenvalue weighted by molar-refractivity contribution is 7.81. The molecule has 0 saturated heterocycles. The van der Waals surface area contributed by atoms with E-state index in [9.17, 15) is 14.7 Å².